The lowest BCUT2D eigenvalue weighted by Gasteiger charge is -2.09. The highest BCUT2D eigenvalue weighted by Gasteiger charge is 2.20. The Morgan fingerprint density at radius 2 is 1.76 bits per heavy atom. The second kappa shape index (κ2) is 8.83. The number of hydrogen-bond donors (Lipinski definition) is 1. The summed E-state index contributed by atoms with van der Waals surface area (Å²) in [4.78, 5) is 10.8. The maximum Gasteiger partial charge on any atom is 0.293 e. The van der Waals surface area contributed by atoms with Gasteiger partial charge in [0.05, 0.1) is 21.2 Å². The fraction of sp³-hybridized carbons (Fsp3) is 0.0870. The van der Waals surface area contributed by atoms with Crippen molar-refractivity contribution in [2.45, 2.75) is 11.4 Å². The van der Waals surface area contributed by atoms with Crippen molar-refractivity contribution in [1.29, 1.82) is 0 Å². The zero-order chi connectivity index (χ0) is 23.6. The molecule has 4 aromatic rings. The van der Waals surface area contributed by atoms with Gasteiger partial charge in [0, 0.05) is 36.2 Å². The number of halogens is 1. The molecule has 3 aromatic carbocycles. The Balaban J connectivity index is 1.71. The highest BCUT2D eigenvalue weighted by Crippen LogP contribution is 2.30. The van der Waals surface area contributed by atoms with Gasteiger partial charge in [-0.25, -0.2) is 17.5 Å². The Kier molecular flexibility index (Phi) is 5.93. The van der Waals surface area contributed by atoms with Crippen LogP contribution in [0, 0.1) is 15.9 Å². The van der Waals surface area contributed by atoms with Crippen molar-refractivity contribution in [2.75, 3.05) is 11.6 Å². The van der Waals surface area contributed by atoms with E-state index in [9.17, 15) is 22.9 Å². The summed E-state index contributed by atoms with van der Waals surface area (Å²) >= 11 is 0. The van der Waals surface area contributed by atoms with E-state index in [1.807, 2.05) is 30.3 Å². The lowest BCUT2D eigenvalue weighted by atomic mass is 10.1. The molecule has 4 rings (SSSR count). The molecular weight excluding hydrogens is 447 g/mol. The van der Waals surface area contributed by atoms with Crippen molar-refractivity contribution in [3.05, 3.63) is 100 Å². The molecule has 0 aliphatic rings. The predicted molar refractivity (Wildman–Crippen MR) is 122 cm³/mol. The molecule has 168 valence electrons. The van der Waals surface area contributed by atoms with Crippen LogP contribution in [0.25, 0.3) is 16.9 Å². The highest BCUT2D eigenvalue weighted by molar-refractivity contribution is 7.90. The number of anilines is 1. The molecule has 8 nitrogen and oxygen atoms in total. The summed E-state index contributed by atoms with van der Waals surface area (Å²) in [5.41, 5.74) is 2.62. The number of rotatable bonds is 7. The lowest BCUT2D eigenvalue weighted by molar-refractivity contribution is -0.384. The van der Waals surface area contributed by atoms with E-state index in [1.54, 1.807) is 23.0 Å². The fourth-order valence-corrected chi connectivity index (χ4v) is 3.98. The molecule has 0 radical (unpaired) electrons. The number of aromatic nitrogens is 2. The fourth-order valence-electron chi connectivity index (χ4n) is 3.34. The minimum absolute atomic E-state index is 0.136. The average molecular weight is 466 g/mol. The van der Waals surface area contributed by atoms with Crippen LogP contribution in [0.15, 0.2) is 83.9 Å². The number of nitro groups is 1. The Morgan fingerprint density at radius 3 is 2.39 bits per heavy atom. The molecule has 1 N–H and O–H groups in total. The smallest absolute Gasteiger partial charge is 0.293 e. The van der Waals surface area contributed by atoms with Gasteiger partial charge in [0.15, 0.2) is 9.84 Å². The van der Waals surface area contributed by atoms with Gasteiger partial charge in [-0.3, -0.25) is 10.1 Å². The Bertz CT molecular complexity index is 1420. The van der Waals surface area contributed by atoms with Crippen LogP contribution in [0.4, 0.5) is 15.8 Å². The lowest BCUT2D eigenvalue weighted by Crippen LogP contribution is -2.05. The second-order valence-corrected chi connectivity index (χ2v) is 9.37. The summed E-state index contributed by atoms with van der Waals surface area (Å²) in [7, 11) is -3.59. The maximum atomic E-state index is 13.4. The van der Waals surface area contributed by atoms with Gasteiger partial charge in [0.25, 0.3) is 5.69 Å². The van der Waals surface area contributed by atoms with Crippen LogP contribution in [0.1, 0.15) is 5.56 Å². The number of nitrogens with zero attached hydrogens (tertiary/aromatic N) is 3. The first kappa shape index (κ1) is 22.2. The van der Waals surface area contributed by atoms with Crippen LogP contribution in [-0.2, 0) is 16.4 Å². The molecule has 1 heterocycles. The SMILES string of the molecule is CS(=O)(=O)c1ccc(NCc2cn(-c3ccccc3)nc2-c2ccc(F)cc2)c([N+](=O)[O-])c1. The predicted octanol–water partition coefficient (Wildman–Crippen LogP) is 4.60. The molecule has 1 aromatic heterocycles. The zero-order valence-corrected chi connectivity index (χ0v) is 18.3. The minimum atomic E-state index is -3.59. The molecule has 0 saturated carbocycles. The molecule has 0 atom stereocenters. The number of para-hydroxylation sites is 1. The van der Waals surface area contributed by atoms with E-state index in [4.69, 9.17) is 0 Å². The molecule has 0 saturated heterocycles. The molecular formula is C23H19FN4O4S. The van der Waals surface area contributed by atoms with E-state index in [2.05, 4.69) is 10.4 Å². The van der Waals surface area contributed by atoms with Crippen molar-refractivity contribution in [3.8, 4) is 16.9 Å². The first-order valence-electron chi connectivity index (χ1n) is 9.84. The van der Waals surface area contributed by atoms with Gasteiger partial charge in [0.2, 0.25) is 0 Å². The van der Waals surface area contributed by atoms with Gasteiger partial charge in [-0.2, -0.15) is 5.10 Å². The number of hydrogen-bond acceptors (Lipinski definition) is 6. The summed E-state index contributed by atoms with van der Waals surface area (Å²) in [6, 6.07) is 19.0. The standard InChI is InChI=1S/C23H19FN4O4S/c1-33(31,32)20-11-12-21(22(13-20)28(29)30)25-14-17-15-27(19-5-3-2-4-6-19)26-23(17)16-7-9-18(24)10-8-16/h2-13,15,25H,14H2,1H3. The molecule has 0 unspecified atom stereocenters. The van der Waals surface area contributed by atoms with Crippen LogP contribution in [-0.4, -0.2) is 29.4 Å². The van der Waals surface area contributed by atoms with Crippen LogP contribution in [0.2, 0.25) is 0 Å². The Morgan fingerprint density at radius 1 is 1.06 bits per heavy atom. The van der Waals surface area contributed by atoms with E-state index >= 15 is 0 Å². The summed E-state index contributed by atoms with van der Waals surface area (Å²) < 4.78 is 38.7. The molecule has 33 heavy (non-hydrogen) atoms. The Labute approximate surface area is 189 Å². The van der Waals surface area contributed by atoms with Crippen molar-refractivity contribution in [1.82, 2.24) is 9.78 Å². The third-order valence-corrected chi connectivity index (χ3v) is 6.10. The molecule has 0 spiro atoms. The number of nitrogens with one attached hydrogen (secondary N) is 1. The third-order valence-electron chi connectivity index (χ3n) is 4.99. The van der Waals surface area contributed by atoms with Crippen LogP contribution in [0.3, 0.4) is 0 Å². The van der Waals surface area contributed by atoms with Crippen LogP contribution < -0.4 is 5.32 Å². The van der Waals surface area contributed by atoms with Gasteiger partial charge >= 0.3 is 0 Å². The quantitative estimate of drug-likeness (QED) is 0.315. The number of sulfone groups is 1. The third kappa shape index (κ3) is 4.90. The van der Waals surface area contributed by atoms with Gasteiger partial charge in [-0.05, 0) is 48.5 Å². The number of benzene rings is 3. The molecule has 10 heteroatoms. The molecule has 0 aliphatic carbocycles. The van der Waals surface area contributed by atoms with E-state index in [0.29, 0.717) is 16.8 Å². The minimum Gasteiger partial charge on any atom is -0.375 e. The van der Waals surface area contributed by atoms with Crippen molar-refractivity contribution in [2.24, 2.45) is 0 Å². The van der Waals surface area contributed by atoms with Crippen molar-refractivity contribution < 1.29 is 17.7 Å². The van der Waals surface area contributed by atoms with Crippen molar-refractivity contribution >= 4 is 21.2 Å². The average Bonchev–Trinajstić information content (AvgIpc) is 3.22. The largest absolute Gasteiger partial charge is 0.375 e. The van der Waals surface area contributed by atoms with Crippen LogP contribution >= 0.6 is 0 Å². The zero-order valence-electron chi connectivity index (χ0n) is 17.5. The highest BCUT2D eigenvalue weighted by atomic mass is 32.2. The summed E-state index contributed by atoms with van der Waals surface area (Å²) in [6.45, 7) is 0.165. The van der Waals surface area contributed by atoms with E-state index in [0.717, 1.165) is 18.0 Å². The second-order valence-electron chi connectivity index (χ2n) is 7.35. The molecule has 0 aliphatic heterocycles. The van der Waals surface area contributed by atoms with Crippen LogP contribution in [0.5, 0.6) is 0 Å². The van der Waals surface area contributed by atoms with E-state index in [1.165, 1.54) is 24.3 Å². The summed E-state index contributed by atoms with van der Waals surface area (Å²) in [5, 5.41) is 19.2. The topological polar surface area (TPSA) is 107 Å². The summed E-state index contributed by atoms with van der Waals surface area (Å²) in [5.74, 6) is -0.373. The maximum absolute atomic E-state index is 13.4. The van der Waals surface area contributed by atoms with Gasteiger partial charge in [-0.1, -0.05) is 18.2 Å². The molecule has 0 amide bonds. The first-order chi connectivity index (χ1) is 15.7. The monoisotopic (exact) mass is 466 g/mol. The normalized spacial score (nSPS) is 11.3. The Hall–Kier alpha value is -4.05. The van der Waals surface area contributed by atoms with E-state index in [-0.39, 0.29) is 28.6 Å². The number of nitro benzene ring substituents is 1. The summed E-state index contributed by atoms with van der Waals surface area (Å²) in [6.07, 6.45) is 2.78. The van der Waals surface area contributed by atoms with E-state index < -0.39 is 14.8 Å². The van der Waals surface area contributed by atoms with Gasteiger partial charge in [0.1, 0.15) is 11.5 Å². The first-order valence-corrected chi connectivity index (χ1v) is 11.7. The van der Waals surface area contributed by atoms with Gasteiger partial charge in [-0.15, -0.1) is 0 Å². The van der Waals surface area contributed by atoms with Gasteiger partial charge < -0.3 is 5.32 Å². The van der Waals surface area contributed by atoms with Crippen molar-refractivity contribution in [3.63, 3.8) is 0 Å². The molecule has 0 fully saturated rings. The molecule has 0 bridgehead atoms.